The molecule has 74 valence electrons. The molecule has 0 aliphatic carbocycles. The van der Waals surface area contributed by atoms with Crippen molar-refractivity contribution in [2.24, 2.45) is 0 Å². The van der Waals surface area contributed by atoms with Gasteiger partial charge in [-0.1, -0.05) is 0 Å². The number of anilines is 1. The molecule has 1 aliphatic rings. The first kappa shape index (κ1) is 8.80. The van der Waals surface area contributed by atoms with Crippen molar-refractivity contribution in [2.75, 3.05) is 18.8 Å². The summed E-state index contributed by atoms with van der Waals surface area (Å²) in [5.41, 5.74) is 5.95. The van der Waals surface area contributed by atoms with Crippen LogP contribution in [-0.4, -0.2) is 29.1 Å². The second-order valence-corrected chi connectivity index (χ2v) is 3.12. The van der Waals surface area contributed by atoms with E-state index in [0.717, 1.165) is 19.5 Å². The van der Waals surface area contributed by atoms with Gasteiger partial charge in [0.05, 0.1) is 11.9 Å². The fourth-order valence-electron chi connectivity index (χ4n) is 1.14. The summed E-state index contributed by atoms with van der Waals surface area (Å²) in [5.74, 6) is 0.372. The number of carbonyl (C=O) groups excluding carboxylic acids is 1. The Bertz CT molecular complexity index is 350. The third-order valence-corrected chi connectivity index (χ3v) is 2.12. The highest BCUT2D eigenvalue weighted by molar-refractivity contribution is 5.73. The topological polar surface area (TPSA) is 68.5 Å². The van der Waals surface area contributed by atoms with Crippen molar-refractivity contribution in [3.8, 4) is 5.75 Å². The molecule has 2 rings (SSSR count). The molecule has 5 heteroatoms. The zero-order valence-corrected chi connectivity index (χ0v) is 7.64. The van der Waals surface area contributed by atoms with Gasteiger partial charge in [0.15, 0.2) is 5.75 Å². The fraction of sp³-hybridized carbons (Fsp3) is 0.333. The van der Waals surface area contributed by atoms with Crippen LogP contribution in [0.5, 0.6) is 5.75 Å². The monoisotopic (exact) mass is 193 g/mol. The van der Waals surface area contributed by atoms with Gasteiger partial charge in [-0.2, -0.15) is 0 Å². The van der Waals surface area contributed by atoms with Gasteiger partial charge in [0.2, 0.25) is 0 Å². The molecule has 0 atom stereocenters. The van der Waals surface area contributed by atoms with Gasteiger partial charge < -0.3 is 15.4 Å². The first-order valence-corrected chi connectivity index (χ1v) is 4.43. The molecule has 14 heavy (non-hydrogen) atoms. The lowest BCUT2D eigenvalue weighted by Gasteiger charge is -2.29. The summed E-state index contributed by atoms with van der Waals surface area (Å²) in [6.07, 6.45) is 3.70. The lowest BCUT2D eigenvalue weighted by atomic mass is 10.2. The number of hydrogen-bond acceptors (Lipinski definition) is 4. The van der Waals surface area contributed by atoms with Crippen molar-refractivity contribution in [2.45, 2.75) is 6.42 Å². The van der Waals surface area contributed by atoms with Gasteiger partial charge in [-0.25, -0.2) is 4.79 Å². The molecule has 0 radical (unpaired) electrons. The number of nitrogens with zero attached hydrogens (tertiary/aromatic N) is 2. The molecule has 0 unspecified atom stereocenters. The lowest BCUT2D eigenvalue weighted by molar-refractivity contribution is 0.125. The quantitative estimate of drug-likeness (QED) is 0.718. The van der Waals surface area contributed by atoms with E-state index in [1.165, 1.54) is 12.4 Å². The molecule has 1 aliphatic heterocycles. The first-order chi connectivity index (χ1) is 6.77. The van der Waals surface area contributed by atoms with E-state index in [2.05, 4.69) is 4.98 Å². The zero-order chi connectivity index (χ0) is 9.97. The van der Waals surface area contributed by atoms with Crippen molar-refractivity contribution >= 4 is 11.8 Å². The molecule has 0 bridgehead atoms. The summed E-state index contributed by atoms with van der Waals surface area (Å²) in [5, 5.41) is 0. The van der Waals surface area contributed by atoms with Crippen LogP contribution >= 0.6 is 0 Å². The Labute approximate surface area is 81.5 Å². The Balaban J connectivity index is 2.03. The number of pyridine rings is 1. The summed E-state index contributed by atoms with van der Waals surface area (Å²) < 4.78 is 5.07. The van der Waals surface area contributed by atoms with Crippen molar-refractivity contribution in [1.82, 2.24) is 9.88 Å². The Morgan fingerprint density at radius 3 is 2.93 bits per heavy atom. The van der Waals surface area contributed by atoms with Gasteiger partial charge in [0.1, 0.15) is 0 Å². The minimum Gasteiger partial charge on any atom is -0.408 e. The number of hydrogen-bond donors (Lipinski definition) is 1. The fourth-order valence-corrected chi connectivity index (χ4v) is 1.14. The molecule has 2 heterocycles. The third-order valence-electron chi connectivity index (χ3n) is 2.12. The zero-order valence-electron chi connectivity index (χ0n) is 7.64. The van der Waals surface area contributed by atoms with E-state index in [1.807, 2.05) is 0 Å². The minimum absolute atomic E-state index is 0.339. The number of rotatable bonds is 1. The van der Waals surface area contributed by atoms with Crippen LogP contribution in [0.15, 0.2) is 18.5 Å². The summed E-state index contributed by atoms with van der Waals surface area (Å²) in [7, 11) is 0. The molecule has 1 amide bonds. The predicted octanol–water partition coefficient (Wildman–Crippen LogP) is 0.868. The molecular weight excluding hydrogens is 182 g/mol. The highest BCUT2D eigenvalue weighted by Crippen LogP contribution is 2.20. The first-order valence-electron chi connectivity index (χ1n) is 4.43. The molecule has 1 saturated heterocycles. The van der Waals surface area contributed by atoms with Gasteiger partial charge >= 0.3 is 6.09 Å². The third kappa shape index (κ3) is 1.61. The Morgan fingerprint density at radius 1 is 1.57 bits per heavy atom. The average Bonchev–Trinajstić information content (AvgIpc) is 2.05. The van der Waals surface area contributed by atoms with E-state index in [1.54, 1.807) is 11.0 Å². The van der Waals surface area contributed by atoms with E-state index in [0.29, 0.717) is 11.4 Å². The molecule has 0 saturated carbocycles. The van der Waals surface area contributed by atoms with Gasteiger partial charge in [0.25, 0.3) is 0 Å². The van der Waals surface area contributed by atoms with Crippen LogP contribution < -0.4 is 10.5 Å². The number of nitrogen functional groups attached to an aromatic ring is 1. The second-order valence-electron chi connectivity index (χ2n) is 3.12. The van der Waals surface area contributed by atoms with Gasteiger partial charge in [-0.15, -0.1) is 0 Å². The van der Waals surface area contributed by atoms with Crippen LogP contribution in [0.4, 0.5) is 10.5 Å². The van der Waals surface area contributed by atoms with E-state index >= 15 is 0 Å². The summed E-state index contributed by atoms with van der Waals surface area (Å²) in [6, 6.07) is 1.58. The SMILES string of the molecule is Nc1cnccc1OC(=O)N1CCC1. The van der Waals surface area contributed by atoms with E-state index in [-0.39, 0.29) is 6.09 Å². The van der Waals surface area contributed by atoms with Crippen LogP contribution in [0.25, 0.3) is 0 Å². The highest BCUT2D eigenvalue weighted by Gasteiger charge is 2.22. The van der Waals surface area contributed by atoms with Crippen LogP contribution in [0.2, 0.25) is 0 Å². The standard InChI is InChI=1S/C9H11N3O2/c10-7-6-11-3-2-8(7)14-9(13)12-4-1-5-12/h2-3,6H,1,4-5,10H2. The van der Waals surface area contributed by atoms with Crippen LogP contribution in [-0.2, 0) is 0 Å². The number of likely N-dealkylation sites (tertiary alicyclic amines) is 1. The van der Waals surface area contributed by atoms with Crippen molar-refractivity contribution in [1.29, 1.82) is 0 Å². The van der Waals surface area contributed by atoms with E-state index < -0.39 is 0 Å². The van der Waals surface area contributed by atoms with Gasteiger partial charge in [0, 0.05) is 25.4 Å². The molecule has 0 aromatic carbocycles. The molecular formula is C9H11N3O2. The second kappa shape index (κ2) is 3.53. The largest absolute Gasteiger partial charge is 0.415 e. The predicted molar refractivity (Wildman–Crippen MR) is 50.9 cm³/mol. The van der Waals surface area contributed by atoms with Gasteiger partial charge in [-0.3, -0.25) is 4.98 Å². The minimum atomic E-state index is -0.339. The average molecular weight is 193 g/mol. The van der Waals surface area contributed by atoms with Crippen LogP contribution in [0.3, 0.4) is 0 Å². The molecule has 1 aromatic rings. The maximum absolute atomic E-state index is 11.4. The van der Waals surface area contributed by atoms with Crippen LogP contribution in [0.1, 0.15) is 6.42 Å². The van der Waals surface area contributed by atoms with Crippen LogP contribution in [0, 0.1) is 0 Å². The molecule has 2 N–H and O–H groups in total. The summed E-state index contributed by atoms with van der Waals surface area (Å²) >= 11 is 0. The molecule has 0 spiro atoms. The molecule has 5 nitrogen and oxygen atoms in total. The number of ether oxygens (including phenoxy) is 1. The molecule has 1 aromatic heterocycles. The van der Waals surface area contributed by atoms with E-state index in [4.69, 9.17) is 10.5 Å². The number of amides is 1. The van der Waals surface area contributed by atoms with Crippen molar-refractivity contribution in [3.05, 3.63) is 18.5 Å². The number of aromatic nitrogens is 1. The van der Waals surface area contributed by atoms with Gasteiger partial charge in [-0.05, 0) is 6.42 Å². The number of nitrogens with two attached hydrogens (primary N) is 1. The number of carbonyl (C=O) groups is 1. The highest BCUT2D eigenvalue weighted by atomic mass is 16.6. The van der Waals surface area contributed by atoms with Crippen molar-refractivity contribution in [3.63, 3.8) is 0 Å². The lowest BCUT2D eigenvalue weighted by Crippen LogP contribution is -2.43. The summed E-state index contributed by atoms with van der Waals surface area (Å²) in [6.45, 7) is 1.54. The Hall–Kier alpha value is -1.78. The maximum atomic E-state index is 11.4. The smallest absolute Gasteiger partial charge is 0.408 e. The molecule has 1 fully saturated rings. The Morgan fingerprint density at radius 2 is 2.36 bits per heavy atom. The normalized spacial score (nSPS) is 14.7. The van der Waals surface area contributed by atoms with Crippen molar-refractivity contribution < 1.29 is 9.53 Å². The van der Waals surface area contributed by atoms with E-state index in [9.17, 15) is 4.79 Å². The summed E-state index contributed by atoms with van der Waals surface area (Å²) in [4.78, 5) is 16.8. The maximum Gasteiger partial charge on any atom is 0.415 e. The Kier molecular flexibility index (Phi) is 2.22.